The van der Waals surface area contributed by atoms with E-state index in [1.807, 2.05) is 54.6 Å². The first-order valence-corrected chi connectivity index (χ1v) is 9.12. The van der Waals surface area contributed by atoms with Crippen molar-refractivity contribution in [3.8, 4) is 22.5 Å². The van der Waals surface area contributed by atoms with Crippen LogP contribution in [0.2, 0.25) is 0 Å². The van der Waals surface area contributed by atoms with Crippen molar-refractivity contribution >= 4 is 11.6 Å². The number of nitrogens with zero attached hydrogens (tertiary/aromatic N) is 4. The minimum Gasteiger partial charge on any atom is -0.324 e. The number of hydrogen-bond donors (Lipinski definition) is 1. The van der Waals surface area contributed by atoms with Gasteiger partial charge in [0, 0.05) is 16.8 Å². The maximum Gasteiger partial charge on any atom is 0.250 e. The van der Waals surface area contributed by atoms with E-state index in [1.54, 1.807) is 19.1 Å². The Balaban J connectivity index is 1.54. The van der Waals surface area contributed by atoms with Gasteiger partial charge in [-0.05, 0) is 35.9 Å². The Kier molecular flexibility index (Phi) is 5.11. The summed E-state index contributed by atoms with van der Waals surface area (Å²) >= 11 is 0. The molecule has 7 heteroatoms. The quantitative estimate of drug-likeness (QED) is 0.553. The Bertz CT molecular complexity index is 1140. The van der Waals surface area contributed by atoms with Crippen molar-refractivity contribution in [2.45, 2.75) is 13.0 Å². The molecule has 1 unspecified atom stereocenters. The summed E-state index contributed by atoms with van der Waals surface area (Å²) in [7, 11) is 0. The maximum absolute atomic E-state index is 13.4. The summed E-state index contributed by atoms with van der Waals surface area (Å²) < 4.78 is 13.4. The number of nitrogens with one attached hydrogen (secondary N) is 1. The predicted molar refractivity (Wildman–Crippen MR) is 108 cm³/mol. The molecule has 6 nitrogen and oxygen atoms in total. The highest BCUT2D eigenvalue weighted by Gasteiger charge is 2.20. The third-order valence-corrected chi connectivity index (χ3v) is 4.51. The van der Waals surface area contributed by atoms with Gasteiger partial charge < -0.3 is 5.32 Å². The predicted octanol–water partition coefficient (Wildman–Crippen LogP) is 4.35. The van der Waals surface area contributed by atoms with E-state index in [0.29, 0.717) is 11.3 Å². The molecule has 4 rings (SSSR count). The third-order valence-electron chi connectivity index (χ3n) is 4.51. The molecule has 0 radical (unpaired) electrons. The van der Waals surface area contributed by atoms with Gasteiger partial charge >= 0.3 is 0 Å². The molecule has 1 heterocycles. The number of aromatic nitrogens is 4. The maximum atomic E-state index is 13.4. The fourth-order valence-corrected chi connectivity index (χ4v) is 2.94. The second-order valence-corrected chi connectivity index (χ2v) is 6.52. The van der Waals surface area contributed by atoms with Gasteiger partial charge in [0.2, 0.25) is 5.82 Å². The second-order valence-electron chi connectivity index (χ2n) is 6.52. The molecule has 0 bridgehead atoms. The van der Waals surface area contributed by atoms with Gasteiger partial charge in [0.25, 0.3) is 5.91 Å². The molecule has 144 valence electrons. The lowest BCUT2D eigenvalue weighted by Gasteiger charge is -2.14. The van der Waals surface area contributed by atoms with Crippen LogP contribution in [0.1, 0.15) is 13.0 Å². The average Bonchev–Trinajstić information content (AvgIpc) is 3.24. The Morgan fingerprint density at radius 3 is 2.48 bits per heavy atom. The van der Waals surface area contributed by atoms with Crippen molar-refractivity contribution in [3.63, 3.8) is 0 Å². The molecule has 0 aliphatic carbocycles. The Hall–Kier alpha value is -3.87. The van der Waals surface area contributed by atoms with Gasteiger partial charge in [-0.2, -0.15) is 4.80 Å². The summed E-state index contributed by atoms with van der Waals surface area (Å²) in [4.78, 5) is 14.0. The lowest BCUT2D eigenvalue weighted by molar-refractivity contribution is -0.119. The molecule has 0 aliphatic rings. The van der Waals surface area contributed by atoms with E-state index in [-0.39, 0.29) is 17.5 Å². The van der Waals surface area contributed by atoms with Crippen molar-refractivity contribution in [1.29, 1.82) is 0 Å². The molecule has 0 spiro atoms. The van der Waals surface area contributed by atoms with E-state index in [1.165, 1.54) is 16.9 Å². The van der Waals surface area contributed by atoms with Gasteiger partial charge in [-0.1, -0.05) is 60.7 Å². The number of tetrazole rings is 1. The zero-order valence-electron chi connectivity index (χ0n) is 15.7. The Morgan fingerprint density at radius 2 is 1.69 bits per heavy atom. The number of carbonyl (C=O) groups excluding carboxylic acids is 1. The minimum atomic E-state index is -0.700. The van der Waals surface area contributed by atoms with Crippen LogP contribution in [0.4, 0.5) is 10.1 Å². The summed E-state index contributed by atoms with van der Waals surface area (Å²) in [6, 6.07) is 22.6. The zero-order chi connectivity index (χ0) is 20.2. The van der Waals surface area contributed by atoms with Crippen LogP contribution < -0.4 is 5.32 Å². The van der Waals surface area contributed by atoms with Crippen LogP contribution in [0, 0.1) is 5.82 Å². The van der Waals surface area contributed by atoms with Crippen LogP contribution in [-0.2, 0) is 4.79 Å². The first-order chi connectivity index (χ1) is 14.1. The molecule has 0 fully saturated rings. The molecule has 3 aromatic carbocycles. The molecule has 0 aliphatic heterocycles. The van der Waals surface area contributed by atoms with Crippen molar-refractivity contribution in [2.24, 2.45) is 0 Å². The topological polar surface area (TPSA) is 72.7 Å². The van der Waals surface area contributed by atoms with Crippen LogP contribution in [0.5, 0.6) is 0 Å². The molecule has 1 amide bonds. The van der Waals surface area contributed by atoms with Crippen molar-refractivity contribution in [1.82, 2.24) is 20.2 Å². The summed E-state index contributed by atoms with van der Waals surface area (Å²) in [5.41, 5.74) is 3.11. The second kappa shape index (κ2) is 8.02. The molecule has 0 saturated carbocycles. The number of halogens is 1. The van der Waals surface area contributed by atoms with Gasteiger partial charge in [-0.3, -0.25) is 4.79 Å². The van der Waals surface area contributed by atoms with Crippen LogP contribution >= 0.6 is 0 Å². The molecule has 1 aromatic heterocycles. The molecule has 29 heavy (non-hydrogen) atoms. The van der Waals surface area contributed by atoms with E-state index in [2.05, 4.69) is 20.7 Å². The molecule has 1 N–H and O–H groups in total. The van der Waals surface area contributed by atoms with E-state index in [0.717, 1.165) is 11.1 Å². The number of hydrogen-bond acceptors (Lipinski definition) is 4. The average molecular weight is 387 g/mol. The summed E-state index contributed by atoms with van der Waals surface area (Å²) in [6.45, 7) is 1.68. The van der Waals surface area contributed by atoms with Gasteiger partial charge in [0.15, 0.2) is 0 Å². The van der Waals surface area contributed by atoms with Crippen molar-refractivity contribution in [3.05, 3.63) is 84.7 Å². The van der Waals surface area contributed by atoms with E-state index >= 15 is 0 Å². The smallest absolute Gasteiger partial charge is 0.250 e. The van der Waals surface area contributed by atoms with E-state index in [4.69, 9.17) is 0 Å². The number of para-hydroxylation sites is 1. The van der Waals surface area contributed by atoms with Crippen LogP contribution in [0.3, 0.4) is 0 Å². The van der Waals surface area contributed by atoms with Crippen LogP contribution in [0.15, 0.2) is 78.9 Å². The summed E-state index contributed by atoms with van der Waals surface area (Å²) in [5, 5.41) is 15.1. The van der Waals surface area contributed by atoms with Gasteiger partial charge in [0.1, 0.15) is 11.9 Å². The first-order valence-electron chi connectivity index (χ1n) is 9.12. The SMILES string of the molecule is CC(C(=O)Nc1ccccc1-c1ccccc1)n1nnc(-c2cccc(F)c2)n1. The van der Waals surface area contributed by atoms with Crippen LogP contribution in [-0.4, -0.2) is 26.1 Å². The summed E-state index contributed by atoms with van der Waals surface area (Å²) in [6.07, 6.45) is 0. The largest absolute Gasteiger partial charge is 0.324 e. The third kappa shape index (κ3) is 4.03. The Labute approximate surface area is 167 Å². The van der Waals surface area contributed by atoms with Gasteiger partial charge in [-0.25, -0.2) is 4.39 Å². The molecule has 0 saturated heterocycles. The monoisotopic (exact) mass is 387 g/mol. The normalized spacial score (nSPS) is 11.8. The molecular formula is C22H18FN5O. The van der Waals surface area contributed by atoms with Gasteiger partial charge in [0.05, 0.1) is 0 Å². The number of amides is 1. The fraction of sp³-hybridized carbons (Fsp3) is 0.0909. The minimum absolute atomic E-state index is 0.258. The highest BCUT2D eigenvalue weighted by molar-refractivity contribution is 5.97. The van der Waals surface area contributed by atoms with Crippen LogP contribution in [0.25, 0.3) is 22.5 Å². The first kappa shape index (κ1) is 18.5. The van der Waals surface area contributed by atoms with E-state index < -0.39 is 6.04 Å². The zero-order valence-corrected chi connectivity index (χ0v) is 15.7. The fourth-order valence-electron chi connectivity index (χ4n) is 2.94. The summed E-state index contributed by atoms with van der Waals surface area (Å²) in [5.74, 6) is -0.410. The highest BCUT2D eigenvalue weighted by atomic mass is 19.1. The van der Waals surface area contributed by atoms with E-state index in [9.17, 15) is 9.18 Å². The highest BCUT2D eigenvalue weighted by Crippen LogP contribution is 2.28. The van der Waals surface area contributed by atoms with Crippen molar-refractivity contribution in [2.75, 3.05) is 5.32 Å². The standard InChI is InChI=1S/C22H18FN5O/c1-15(28-26-21(25-27-28)17-10-7-11-18(23)14-17)22(29)24-20-13-6-5-12-19(20)16-8-3-2-4-9-16/h2-15H,1H3,(H,24,29). The number of benzene rings is 3. The lowest BCUT2D eigenvalue weighted by Crippen LogP contribution is -2.25. The van der Waals surface area contributed by atoms with Gasteiger partial charge in [-0.15, -0.1) is 10.2 Å². The Morgan fingerprint density at radius 1 is 0.966 bits per heavy atom. The number of rotatable bonds is 5. The van der Waals surface area contributed by atoms with Crippen molar-refractivity contribution < 1.29 is 9.18 Å². The molecule has 4 aromatic rings. The lowest BCUT2D eigenvalue weighted by atomic mass is 10.0. The molecule has 1 atom stereocenters. The molecular weight excluding hydrogens is 369 g/mol. The number of carbonyl (C=O) groups is 1. The number of anilines is 1.